The summed E-state index contributed by atoms with van der Waals surface area (Å²) >= 11 is 5.90. The molecule has 1 saturated heterocycles. The summed E-state index contributed by atoms with van der Waals surface area (Å²) in [6, 6.07) is 9.10. The summed E-state index contributed by atoms with van der Waals surface area (Å²) in [5, 5.41) is 20.8. The summed E-state index contributed by atoms with van der Waals surface area (Å²) in [5.41, 5.74) is 2.18. The van der Waals surface area contributed by atoms with Gasteiger partial charge in [0, 0.05) is 29.9 Å². The Morgan fingerprint density at radius 1 is 1.18 bits per heavy atom. The molecule has 1 amide bonds. The van der Waals surface area contributed by atoms with Gasteiger partial charge in [0.05, 0.1) is 23.5 Å². The Balaban J connectivity index is 1.40. The first-order chi connectivity index (χ1) is 13.5. The van der Waals surface area contributed by atoms with Crippen LogP contribution in [-0.2, 0) is 0 Å². The molecular formula is C19H18ClN5O3. The summed E-state index contributed by atoms with van der Waals surface area (Å²) in [6.45, 7) is 1.14. The van der Waals surface area contributed by atoms with Crippen molar-refractivity contribution in [3.05, 3.63) is 59.0 Å². The molecule has 0 atom stereocenters. The van der Waals surface area contributed by atoms with Crippen LogP contribution in [0.1, 0.15) is 39.7 Å². The molecular weight excluding hydrogens is 382 g/mol. The second-order valence-electron chi connectivity index (χ2n) is 6.71. The number of aromatic nitrogens is 4. The number of hydrogen-bond acceptors (Lipinski definition) is 4. The van der Waals surface area contributed by atoms with Crippen LogP contribution in [0.4, 0.5) is 0 Å². The lowest BCUT2D eigenvalue weighted by Crippen LogP contribution is -2.39. The molecule has 1 aliphatic heterocycles. The summed E-state index contributed by atoms with van der Waals surface area (Å²) in [7, 11) is 0. The average molecular weight is 400 g/mol. The van der Waals surface area contributed by atoms with Gasteiger partial charge in [0.15, 0.2) is 0 Å². The highest BCUT2D eigenvalue weighted by Crippen LogP contribution is 2.25. The molecule has 0 radical (unpaired) electrons. The molecule has 0 unspecified atom stereocenters. The number of piperidine rings is 1. The van der Waals surface area contributed by atoms with E-state index in [1.807, 2.05) is 12.1 Å². The smallest absolute Gasteiger partial charge is 0.338 e. The van der Waals surface area contributed by atoms with Crippen LogP contribution in [-0.4, -0.2) is 55.0 Å². The van der Waals surface area contributed by atoms with E-state index in [4.69, 9.17) is 16.7 Å². The number of aromatic carboxylic acids is 1. The fourth-order valence-corrected chi connectivity index (χ4v) is 3.48. The molecule has 28 heavy (non-hydrogen) atoms. The second-order valence-corrected chi connectivity index (χ2v) is 7.15. The van der Waals surface area contributed by atoms with E-state index < -0.39 is 5.97 Å². The normalized spacial score (nSPS) is 15.0. The number of halogens is 1. The van der Waals surface area contributed by atoms with Crippen molar-refractivity contribution in [2.24, 2.45) is 0 Å². The fourth-order valence-electron chi connectivity index (χ4n) is 3.35. The van der Waals surface area contributed by atoms with Crippen LogP contribution in [0.15, 0.2) is 42.7 Å². The largest absolute Gasteiger partial charge is 0.478 e. The number of nitrogens with zero attached hydrogens (tertiary/aromatic N) is 4. The standard InChI is InChI=1S/C19H18ClN5O3/c20-14-3-1-12(2-4-14)16-9-17(23-22-16)18(26)24-7-5-15(6-8-24)25-11-13(10-21-25)19(27)28/h1-4,9-11,15H,5-8H2,(H,22,23)(H,27,28). The van der Waals surface area contributed by atoms with Gasteiger partial charge in [-0.1, -0.05) is 23.7 Å². The van der Waals surface area contributed by atoms with Crippen molar-refractivity contribution < 1.29 is 14.7 Å². The number of hydrogen-bond donors (Lipinski definition) is 2. The maximum Gasteiger partial charge on any atom is 0.338 e. The molecule has 2 N–H and O–H groups in total. The van der Waals surface area contributed by atoms with E-state index in [-0.39, 0.29) is 17.5 Å². The predicted octanol–water partition coefficient (Wildman–Crippen LogP) is 3.10. The predicted molar refractivity (Wildman–Crippen MR) is 102 cm³/mol. The van der Waals surface area contributed by atoms with Crippen LogP contribution in [0.5, 0.6) is 0 Å². The van der Waals surface area contributed by atoms with Crippen molar-refractivity contribution in [1.82, 2.24) is 24.9 Å². The number of carbonyl (C=O) groups is 2. The maximum atomic E-state index is 12.8. The van der Waals surface area contributed by atoms with Crippen LogP contribution in [0, 0.1) is 0 Å². The lowest BCUT2D eigenvalue weighted by atomic mass is 10.0. The van der Waals surface area contributed by atoms with Crippen molar-refractivity contribution in [1.29, 1.82) is 0 Å². The number of rotatable bonds is 4. The first kappa shape index (κ1) is 18.2. The van der Waals surface area contributed by atoms with Gasteiger partial charge in [-0.3, -0.25) is 14.6 Å². The number of likely N-dealkylation sites (tertiary alicyclic amines) is 1. The van der Waals surface area contributed by atoms with Crippen LogP contribution in [0.3, 0.4) is 0 Å². The third kappa shape index (κ3) is 3.63. The number of carbonyl (C=O) groups excluding carboxylic acids is 1. The van der Waals surface area contributed by atoms with Gasteiger partial charge in [-0.05, 0) is 31.0 Å². The van der Waals surface area contributed by atoms with E-state index in [9.17, 15) is 9.59 Å². The van der Waals surface area contributed by atoms with E-state index in [1.165, 1.54) is 12.4 Å². The van der Waals surface area contributed by atoms with E-state index in [1.54, 1.807) is 27.8 Å². The number of aromatic amines is 1. The zero-order chi connectivity index (χ0) is 19.7. The Hall–Kier alpha value is -3.13. The van der Waals surface area contributed by atoms with Crippen molar-refractivity contribution in [3.8, 4) is 11.3 Å². The topological polar surface area (TPSA) is 104 Å². The summed E-state index contributed by atoms with van der Waals surface area (Å²) < 4.78 is 1.68. The molecule has 3 heterocycles. The Labute approximate surface area is 165 Å². The Morgan fingerprint density at radius 2 is 1.89 bits per heavy atom. The number of nitrogens with one attached hydrogen (secondary N) is 1. The van der Waals surface area contributed by atoms with Gasteiger partial charge in [-0.25, -0.2) is 4.79 Å². The van der Waals surface area contributed by atoms with E-state index >= 15 is 0 Å². The van der Waals surface area contributed by atoms with Crippen LogP contribution >= 0.6 is 11.6 Å². The number of benzene rings is 1. The van der Waals surface area contributed by atoms with Crippen molar-refractivity contribution in [2.75, 3.05) is 13.1 Å². The van der Waals surface area contributed by atoms with Crippen LogP contribution in [0.25, 0.3) is 11.3 Å². The van der Waals surface area contributed by atoms with Crippen molar-refractivity contribution in [3.63, 3.8) is 0 Å². The third-order valence-corrected chi connectivity index (χ3v) is 5.17. The van der Waals surface area contributed by atoms with Gasteiger partial charge in [0.25, 0.3) is 5.91 Å². The second kappa shape index (κ2) is 7.47. The van der Waals surface area contributed by atoms with Gasteiger partial charge < -0.3 is 10.0 Å². The lowest BCUT2D eigenvalue weighted by Gasteiger charge is -2.31. The van der Waals surface area contributed by atoms with E-state index in [2.05, 4.69) is 15.3 Å². The molecule has 144 valence electrons. The molecule has 1 aliphatic rings. The minimum absolute atomic E-state index is 0.0866. The molecule has 0 saturated carbocycles. The molecule has 3 aromatic rings. The SMILES string of the molecule is O=C(O)c1cnn(C2CCN(C(=O)c3cc(-c4ccc(Cl)cc4)n[nH]3)CC2)c1. The minimum Gasteiger partial charge on any atom is -0.478 e. The Kier molecular flexibility index (Phi) is 4.87. The molecule has 1 fully saturated rings. The zero-order valence-electron chi connectivity index (χ0n) is 14.9. The highest BCUT2D eigenvalue weighted by Gasteiger charge is 2.26. The van der Waals surface area contributed by atoms with Gasteiger partial charge in [0.2, 0.25) is 0 Å². The Bertz CT molecular complexity index is 1000. The first-order valence-corrected chi connectivity index (χ1v) is 9.27. The zero-order valence-corrected chi connectivity index (χ0v) is 15.6. The molecule has 0 bridgehead atoms. The van der Waals surface area contributed by atoms with Crippen LogP contribution < -0.4 is 0 Å². The molecule has 0 spiro atoms. The molecule has 2 aromatic heterocycles. The molecule has 8 nitrogen and oxygen atoms in total. The maximum absolute atomic E-state index is 12.8. The highest BCUT2D eigenvalue weighted by molar-refractivity contribution is 6.30. The van der Waals surface area contributed by atoms with Gasteiger partial charge in [-0.2, -0.15) is 10.2 Å². The highest BCUT2D eigenvalue weighted by atomic mass is 35.5. The summed E-state index contributed by atoms with van der Waals surface area (Å²) in [6.07, 6.45) is 4.32. The number of H-pyrrole nitrogens is 1. The summed E-state index contributed by atoms with van der Waals surface area (Å²) in [5.74, 6) is -1.09. The van der Waals surface area contributed by atoms with Gasteiger partial charge >= 0.3 is 5.97 Å². The first-order valence-electron chi connectivity index (χ1n) is 8.89. The van der Waals surface area contributed by atoms with E-state index in [0.29, 0.717) is 42.3 Å². The lowest BCUT2D eigenvalue weighted by molar-refractivity contribution is 0.0683. The van der Waals surface area contributed by atoms with Crippen molar-refractivity contribution >= 4 is 23.5 Å². The minimum atomic E-state index is -0.991. The number of carboxylic acid groups (broad SMARTS) is 1. The Morgan fingerprint density at radius 3 is 2.54 bits per heavy atom. The van der Waals surface area contributed by atoms with E-state index in [0.717, 1.165) is 5.56 Å². The fraction of sp³-hybridized carbons (Fsp3) is 0.263. The van der Waals surface area contributed by atoms with Gasteiger partial charge in [-0.15, -0.1) is 0 Å². The summed E-state index contributed by atoms with van der Waals surface area (Å²) in [4.78, 5) is 25.5. The van der Waals surface area contributed by atoms with Gasteiger partial charge in [0.1, 0.15) is 5.69 Å². The third-order valence-electron chi connectivity index (χ3n) is 4.92. The molecule has 4 rings (SSSR count). The van der Waals surface area contributed by atoms with Crippen LogP contribution in [0.2, 0.25) is 5.02 Å². The quantitative estimate of drug-likeness (QED) is 0.701. The number of carboxylic acids is 1. The average Bonchev–Trinajstić information content (AvgIpc) is 3.38. The van der Waals surface area contributed by atoms with Crippen molar-refractivity contribution in [2.45, 2.75) is 18.9 Å². The monoisotopic (exact) mass is 399 g/mol. The molecule has 9 heteroatoms. The molecule has 1 aromatic carbocycles. The number of amides is 1. The molecule has 0 aliphatic carbocycles.